The molecule has 0 aromatic heterocycles. The van der Waals surface area contributed by atoms with Crippen LogP contribution in [0.3, 0.4) is 0 Å². The maximum atomic E-state index is 5.96. The minimum atomic E-state index is 0.301. The Kier molecular flexibility index (Phi) is 3.23. The van der Waals surface area contributed by atoms with Crippen LogP contribution in [0.15, 0.2) is 0 Å². The van der Waals surface area contributed by atoms with Gasteiger partial charge in [0.25, 0.3) is 0 Å². The fourth-order valence-electron chi connectivity index (χ4n) is 2.06. The summed E-state index contributed by atoms with van der Waals surface area (Å²) in [5.74, 6) is 2.62. The molecule has 2 rings (SSSR count). The molecule has 0 amide bonds. The van der Waals surface area contributed by atoms with Gasteiger partial charge in [0, 0.05) is 10.5 Å². The number of alkyl halides is 1. The number of rotatable bonds is 0. The summed E-state index contributed by atoms with van der Waals surface area (Å²) in [6.07, 6.45) is 5.14. The molecule has 2 fully saturated rings. The summed E-state index contributed by atoms with van der Waals surface area (Å²) in [7, 11) is 0. The summed E-state index contributed by atoms with van der Waals surface area (Å²) < 4.78 is 6.82. The fraction of sp³-hybridized carbons (Fsp3) is 1.00. The molecule has 0 N–H and O–H groups in total. The maximum Gasteiger partial charge on any atom is 0.0708 e. The van der Waals surface area contributed by atoms with E-state index in [-0.39, 0.29) is 0 Å². The molecule has 0 saturated carbocycles. The SMILES string of the molecule is IC1CCOC2(CCSCC2)C1. The standard InChI is InChI=1S/C9H15IOS/c10-8-1-4-11-9(7-8)2-5-12-6-3-9/h8H,1-7H2. The van der Waals surface area contributed by atoms with Crippen molar-refractivity contribution < 1.29 is 4.74 Å². The summed E-state index contributed by atoms with van der Waals surface area (Å²) in [6, 6.07) is 0. The molecule has 1 spiro atoms. The van der Waals surface area contributed by atoms with Crippen LogP contribution in [0, 0.1) is 0 Å². The molecule has 2 aliphatic heterocycles. The lowest BCUT2D eigenvalue weighted by molar-refractivity contribution is -0.0788. The average Bonchev–Trinajstić information content (AvgIpc) is 2.05. The average molecular weight is 298 g/mol. The Morgan fingerprint density at radius 3 is 2.75 bits per heavy atom. The molecule has 1 nitrogen and oxygen atoms in total. The van der Waals surface area contributed by atoms with E-state index in [4.69, 9.17) is 4.74 Å². The number of ether oxygens (including phenoxy) is 1. The van der Waals surface area contributed by atoms with Crippen molar-refractivity contribution in [3.8, 4) is 0 Å². The van der Waals surface area contributed by atoms with E-state index >= 15 is 0 Å². The van der Waals surface area contributed by atoms with Crippen LogP contribution in [0.25, 0.3) is 0 Å². The van der Waals surface area contributed by atoms with Crippen LogP contribution < -0.4 is 0 Å². The van der Waals surface area contributed by atoms with Gasteiger partial charge in [-0.2, -0.15) is 11.8 Å². The second-order valence-corrected chi connectivity index (χ2v) is 6.72. The van der Waals surface area contributed by atoms with E-state index < -0.39 is 0 Å². The topological polar surface area (TPSA) is 9.23 Å². The quantitative estimate of drug-likeness (QED) is 0.502. The summed E-state index contributed by atoms with van der Waals surface area (Å²) in [6.45, 7) is 0.998. The number of thioether (sulfide) groups is 1. The van der Waals surface area contributed by atoms with E-state index in [1.807, 2.05) is 0 Å². The van der Waals surface area contributed by atoms with Gasteiger partial charge in [0.15, 0.2) is 0 Å². The van der Waals surface area contributed by atoms with Gasteiger partial charge in [0.2, 0.25) is 0 Å². The minimum Gasteiger partial charge on any atom is -0.375 e. The molecule has 12 heavy (non-hydrogen) atoms. The van der Waals surface area contributed by atoms with Crippen molar-refractivity contribution in [2.24, 2.45) is 0 Å². The van der Waals surface area contributed by atoms with Crippen LogP contribution in [0.2, 0.25) is 0 Å². The van der Waals surface area contributed by atoms with E-state index in [9.17, 15) is 0 Å². The zero-order chi connectivity index (χ0) is 8.44. The molecule has 0 bridgehead atoms. The van der Waals surface area contributed by atoms with Gasteiger partial charge in [0.05, 0.1) is 5.60 Å². The Labute approximate surface area is 92.1 Å². The second kappa shape index (κ2) is 4.05. The summed E-state index contributed by atoms with van der Waals surface area (Å²) in [4.78, 5) is 0. The van der Waals surface area contributed by atoms with Gasteiger partial charge in [-0.3, -0.25) is 0 Å². The molecule has 1 atom stereocenters. The van der Waals surface area contributed by atoms with E-state index in [1.165, 1.54) is 37.2 Å². The molecule has 3 heteroatoms. The molecule has 1 unspecified atom stereocenters. The molecular formula is C9H15IOS. The first-order valence-electron chi connectivity index (χ1n) is 4.67. The highest BCUT2D eigenvalue weighted by molar-refractivity contribution is 14.1. The second-order valence-electron chi connectivity index (χ2n) is 3.73. The minimum absolute atomic E-state index is 0.301. The maximum absolute atomic E-state index is 5.96. The van der Waals surface area contributed by atoms with E-state index in [2.05, 4.69) is 34.4 Å². The molecule has 70 valence electrons. The molecule has 2 saturated heterocycles. The molecular weight excluding hydrogens is 283 g/mol. The number of hydrogen-bond donors (Lipinski definition) is 0. The summed E-state index contributed by atoms with van der Waals surface area (Å²) in [5.41, 5.74) is 0.301. The Hall–Kier alpha value is 1.04. The highest BCUT2D eigenvalue weighted by atomic mass is 127. The van der Waals surface area contributed by atoms with E-state index in [0.29, 0.717) is 5.60 Å². The smallest absolute Gasteiger partial charge is 0.0708 e. The van der Waals surface area contributed by atoms with E-state index in [1.54, 1.807) is 0 Å². The molecule has 2 heterocycles. The number of halogens is 1. The monoisotopic (exact) mass is 298 g/mol. The van der Waals surface area contributed by atoms with Crippen molar-refractivity contribution in [1.82, 2.24) is 0 Å². The van der Waals surface area contributed by atoms with Crippen molar-refractivity contribution >= 4 is 34.4 Å². The van der Waals surface area contributed by atoms with Gasteiger partial charge in [-0.05, 0) is 37.2 Å². The van der Waals surface area contributed by atoms with Crippen molar-refractivity contribution in [2.75, 3.05) is 18.1 Å². The normalized spacial score (nSPS) is 35.2. The Morgan fingerprint density at radius 2 is 2.08 bits per heavy atom. The van der Waals surface area contributed by atoms with Crippen molar-refractivity contribution in [3.63, 3.8) is 0 Å². The third-order valence-electron chi connectivity index (χ3n) is 2.84. The third kappa shape index (κ3) is 2.10. The predicted molar refractivity (Wildman–Crippen MR) is 62.3 cm³/mol. The van der Waals surface area contributed by atoms with Gasteiger partial charge in [-0.25, -0.2) is 0 Å². The third-order valence-corrected chi connectivity index (χ3v) is 4.89. The van der Waals surface area contributed by atoms with Gasteiger partial charge in [-0.1, -0.05) is 22.6 Å². The Bertz CT molecular complexity index is 151. The first kappa shape index (κ1) is 9.59. The van der Waals surface area contributed by atoms with Crippen LogP contribution in [0.4, 0.5) is 0 Å². The molecule has 0 aromatic rings. The Balaban J connectivity index is 1.97. The lowest BCUT2D eigenvalue weighted by Crippen LogP contribution is -2.43. The largest absolute Gasteiger partial charge is 0.375 e. The van der Waals surface area contributed by atoms with Gasteiger partial charge in [0.1, 0.15) is 0 Å². The van der Waals surface area contributed by atoms with Gasteiger partial charge < -0.3 is 4.74 Å². The zero-order valence-corrected chi connectivity index (χ0v) is 10.2. The van der Waals surface area contributed by atoms with Crippen LogP contribution in [0.1, 0.15) is 25.7 Å². The highest BCUT2D eigenvalue weighted by Gasteiger charge is 2.37. The molecule has 2 aliphatic rings. The van der Waals surface area contributed by atoms with Crippen LogP contribution >= 0.6 is 34.4 Å². The first-order chi connectivity index (χ1) is 5.81. The lowest BCUT2D eigenvalue weighted by Gasteiger charge is -2.41. The van der Waals surface area contributed by atoms with Gasteiger partial charge in [-0.15, -0.1) is 0 Å². The van der Waals surface area contributed by atoms with Crippen LogP contribution in [-0.2, 0) is 4.74 Å². The highest BCUT2D eigenvalue weighted by Crippen LogP contribution is 2.39. The molecule has 0 aromatic carbocycles. The predicted octanol–water partition coefficient (Wildman–Crippen LogP) is 2.87. The zero-order valence-electron chi connectivity index (χ0n) is 7.22. The molecule has 0 radical (unpaired) electrons. The molecule has 0 aliphatic carbocycles. The van der Waals surface area contributed by atoms with Gasteiger partial charge >= 0.3 is 0 Å². The Morgan fingerprint density at radius 1 is 1.33 bits per heavy atom. The fourth-order valence-corrected chi connectivity index (χ4v) is 4.35. The summed E-state index contributed by atoms with van der Waals surface area (Å²) in [5, 5.41) is 0. The van der Waals surface area contributed by atoms with Crippen LogP contribution in [-0.4, -0.2) is 27.6 Å². The van der Waals surface area contributed by atoms with Crippen LogP contribution in [0.5, 0.6) is 0 Å². The van der Waals surface area contributed by atoms with Crippen molar-refractivity contribution in [3.05, 3.63) is 0 Å². The summed E-state index contributed by atoms with van der Waals surface area (Å²) >= 11 is 4.66. The van der Waals surface area contributed by atoms with Crippen molar-refractivity contribution in [1.29, 1.82) is 0 Å². The lowest BCUT2D eigenvalue weighted by atomic mass is 9.88. The number of hydrogen-bond acceptors (Lipinski definition) is 2. The van der Waals surface area contributed by atoms with E-state index in [0.717, 1.165) is 10.5 Å². The van der Waals surface area contributed by atoms with Crippen molar-refractivity contribution in [2.45, 2.75) is 35.2 Å². The first-order valence-corrected chi connectivity index (χ1v) is 7.07.